The predicted molar refractivity (Wildman–Crippen MR) is 71.0 cm³/mol. The summed E-state index contributed by atoms with van der Waals surface area (Å²) in [6, 6.07) is 7.29. The average Bonchev–Trinajstić information content (AvgIpc) is 2.25. The van der Waals surface area contributed by atoms with Gasteiger partial charge in [0.05, 0.1) is 0 Å². The number of benzene rings is 1. The monoisotopic (exact) mass is 310 g/mol. The molecule has 0 saturated carbocycles. The van der Waals surface area contributed by atoms with Gasteiger partial charge in [-0.05, 0) is 29.9 Å². The minimum absolute atomic E-state index is 0.0317. The molecule has 0 spiro atoms. The van der Waals surface area contributed by atoms with Crippen molar-refractivity contribution in [3.05, 3.63) is 39.9 Å². The number of rotatable bonds is 1. The molecule has 0 atom stereocenters. The van der Waals surface area contributed by atoms with Crippen LogP contribution in [0.2, 0.25) is 0 Å². The summed E-state index contributed by atoms with van der Waals surface area (Å²) in [7, 11) is 0. The van der Waals surface area contributed by atoms with Crippen molar-refractivity contribution in [1.82, 2.24) is 10.6 Å². The molecule has 0 unspecified atom stereocenters. The zero-order valence-corrected chi connectivity index (χ0v) is 10.9. The van der Waals surface area contributed by atoms with E-state index in [1.165, 1.54) is 6.08 Å². The van der Waals surface area contributed by atoms with Gasteiger partial charge in [-0.15, -0.1) is 0 Å². The van der Waals surface area contributed by atoms with Crippen LogP contribution in [-0.4, -0.2) is 16.9 Å². The second-order valence-corrected chi connectivity index (χ2v) is 4.58. The van der Waals surface area contributed by atoms with Gasteiger partial charge in [0.2, 0.25) is 0 Å². The van der Waals surface area contributed by atoms with Crippen LogP contribution in [0.15, 0.2) is 34.3 Å². The Hall–Kier alpha value is -1.53. The van der Waals surface area contributed by atoms with Crippen LogP contribution < -0.4 is 10.6 Å². The van der Waals surface area contributed by atoms with Gasteiger partial charge in [0.15, 0.2) is 5.11 Å². The summed E-state index contributed by atoms with van der Waals surface area (Å²) in [5, 5.41) is 4.78. The molecule has 2 rings (SSSR count). The topological polar surface area (TPSA) is 58.2 Å². The van der Waals surface area contributed by atoms with Crippen molar-refractivity contribution < 1.29 is 9.59 Å². The third-order valence-electron chi connectivity index (χ3n) is 2.15. The maximum Gasteiger partial charge on any atom is 0.263 e. The van der Waals surface area contributed by atoms with Crippen LogP contribution in [0.4, 0.5) is 0 Å². The van der Waals surface area contributed by atoms with E-state index in [2.05, 4.69) is 26.6 Å². The first-order chi connectivity index (χ1) is 8.08. The Balaban J connectivity index is 2.40. The SMILES string of the molecule is O=C1NC(=S)NC(=O)C1=Cc1ccccc1Br. The Labute approximate surface area is 111 Å². The largest absolute Gasteiger partial charge is 0.299 e. The summed E-state index contributed by atoms with van der Waals surface area (Å²) >= 11 is 8.04. The lowest BCUT2D eigenvalue weighted by Gasteiger charge is -2.16. The van der Waals surface area contributed by atoms with Crippen molar-refractivity contribution in [3.8, 4) is 0 Å². The summed E-state index contributed by atoms with van der Waals surface area (Å²) in [4.78, 5) is 23.2. The first-order valence-corrected chi connectivity index (χ1v) is 5.91. The maximum atomic E-state index is 11.6. The fourth-order valence-electron chi connectivity index (χ4n) is 1.35. The highest BCUT2D eigenvalue weighted by Gasteiger charge is 2.25. The zero-order valence-electron chi connectivity index (χ0n) is 8.49. The van der Waals surface area contributed by atoms with Crippen molar-refractivity contribution in [2.45, 2.75) is 0 Å². The first-order valence-electron chi connectivity index (χ1n) is 4.71. The molecule has 1 fully saturated rings. The molecular weight excluding hydrogens is 304 g/mol. The second-order valence-electron chi connectivity index (χ2n) is 3.32. The van der Waals surface area contributed by atoms with Crippen molar-refractivity contribution in [3.63, 3.8) is 0 Å². The van der Waals surface area contributed by atoms with Crippen molar-refractivity contribution in [2.24, 2.45) is 0 Å². The summed E-state index contributed by atoms with van der Waals surface area (Å²) in [6.45, 7) is 0. The molecule has 2 N–H and O–H groups in total. The van der Waals surface area contributed by atoms with E-state index in [1.54, 1.807) is 6.07 Å². The molecule has 0 radical (unpaired) electrons. The molecule has 6 heteroatoms. The van der Waals surface area contributed by atoms with E-state index in [0.29, 0.717) is 0 Å². The molecule has 2 amide bonds. The fourth-order valence-corrected chi connectivity index (χ4v) is 1.94. The third kappa shape index (κ3) is 2.59. The van der Waals surface area contributed by atoms with Gasteiger partial charge in [-0.25, -0.2) is 0 Å². The number of thiocarbonyl (C=S) groups is 1. The number of carbonyl (C=O) groups excluding carboxylic acids is 2. The van der Waals surface area contributed by atoms with Crippen LogP contribution in [0, 0.1) is 0 Å². The zero-order chi connectivity index (χ0) is 12.4. The Morgan fingerprint density at radius 1 is 1.12 bits per heavy atom. The van der Waals surface area contributed by atoms with E-state index in [0.717, 1.165) is 10.0 Å². The second kappa shape index (κ2) is 4.77. The fraction of sp³-hybridized carbons (Fsp3) is 0. The normalized spacial score (nSPS) is 15.4. The standard InChI is InChI=1S/C11H7BrN2O2S/c12-8-4-2-1-3-6(8)5-7-9(15)13-11(17)14-10(7)16/h1-5H,(H2,13,14,15,16,17). The lowest BCUT2D eigenvalue weighted by atomic mass is 10.1. The molecule has 1 heterocycles. The smallest absolute Gasteiger partial charge is 0.263 e. The first kappa shape index (κ1) is 11.9. The van der Waals surface area contributed by atoms with Gasteiger partial charge in [-0.1, -0.05) is 34.1 Å². The number of amides is 2. The third-order valence-corrected chi connectivity index (χ3v) is 3.07. The molecular formula is C11H7BrN2O2S. The van der Waals surface area contributed by atoms with Crippen LogP contribution in [-0.2, 0) is 9.59 Å². The molecule has 86 valence electrons. The highest BCUT2D eigenvalue weighted by molar-refractivity contribution is 9.10. The molecule has 1 saturated heterocycles. The van der Waals surface area contributed by atoms with Crippen molar-refractivity contribution >= 4 is 51.2 Å². The van der Waals surface area contributed by atoms with Gasteiger partial charge in [0, 0.05) is 4.47 Å². The summed E-state index contributed by atoms with van der Waals surface area (Å²) in [6.07, 6.45) is 1.51. The van der Waals surface area contributed by atoms with Gasteiger partial charge in [0.25, 0.3) is 11.8 Å². The van der Waals surface area contributed by atoms with Crippen LogP contribution in [0.1, 0.15) is 5.56 Å². The van der Waals surface area contributed by atoms with Gasteiger partial charge >= 0.3 is 0 Å². The van der Waals surface area contributed by atoms with E-state index in [9.17, 15) is 9.59 Å². The van der Waals surface area contributed by atoms with E-state index < -0.39 is 11.8 Å². The molecule has 0 bridgehead atoms. The number of carbonyl (C=O) groups is 2. The Morgan fingerprint density at radius 2 is 1.71 bits per heavy atom. The van der Waals surface area contributed by atoms with Gasteiger partial charge < -0.3 is 0 Å². The maximum absolute atomic E-state index is 11.6. The van der Waals surface area contributed by atoms with Crippen LogP contribution >= 0.6 is 28.1 Å². The van der Waals surface area contributed by atoms with Gasteiger partial charge in [-0.2, -0.15) is 0 Å². The summed E-state index contributed by atoms with van der Waals surface area (Å²) in [5.74, 6) is -0.982. The van der Waals surface area contributed by atoms with E-state index >= 15 is 0 Å². The van der Waals surface area contributed by atoms with E-state index in [4.69, 9.17) is 12.2 Å². The molecule has 1 aliphatic heterocycles. The van der Waals surface area contributed by atoms with Crippen molar-refractivity contribution in [2.75, 3.05) is 0 Å². The molecule has 0 aliphatic carbocycles. The van der Waals surface area contributed by atoms with Gasteiger partial charge in [0.1, 0.15) is 5.57 Å². The van der Waals surface area contributed by atoms with Gasteiger partial charge in [-0.3, -0.25) is 20.2 Å². The Morgan fingerprint density at radius 3 is 2.29 bits per heavy atom. The lowest BCUT2D eigenvalue weighted by Crippen LogP contribution is -2.51. The van der Waals surface area contributed by atoms with Crippen LogP contribution in [0.25, 0.3) is 6.08 Å². The molecule has 1 aliphatic rings. The number of nitrogens with one attached hydrogen (secondary N) is 2. The lowest BCUT2D eigenvalue weighted by molar-refractivity contribution is -0.123. The molecule has 1 aromatic carbocycles. The highest BCUT2D eigenvalue weighted by Crippen LogP contribution is 2.19. The molecule has 17 heavy (non-hydrogen) atoms. The molecule has 4 nitrogen and oxygen atoms in total. The average molecular weight is 311 g/mol. The minimum atomic E-state index is -0.491. The number of halogens is 1. The Kier molecular flexibility index (Phi) is 3.35. The van der Waals surface area contributed by atoms with Crippen LogP contribution in [0.3, 0.4) is 0 Å². The van der Waals surface area contributed by atoms with Crippen molar-refractivity contribution in [1.29, 1.82) is 0 Å². The highest BCUT2D eigenvalue weighted by atomic mass is 79.9. The quantitative estimate of drug-likeness (QED) is 0.468. The number of hydrogen-bond acceptors (Lipinski definition) is 3. The number of hydrogen-bond donors (Lipinski definition) is 2. The minimum Gasteiger partial charge on any atom is -0.299 e. The van der Waals surface area contributed by atoms with Crippen LogP contribution in [0.5, 0.6) is 0 Å². The molecule has 1 aromatic rings. The summed E-state index contributed by atoms with van der Waals surface area (Å²) in [5.41, 5.74) is 0.783. The van der Waals surface area contributed by atoms with E-state index in [1.807, 2.05) is 18.2 Å². The predicted octanol–water partition coefficient (Wildman–Crippen LogP) is 1.36. The molecule has 0 aromatic heterocycles. The summed E-state index contributed by atoms with van der Waals surface area (Å²) < 4.78 is 0.807. The van der Waals surface area contributed by atoms with E-state index in [-0.39, 0.29) is 10.7 Å². The Bertz CT molecular complexity index is 532.